The summed E-state index contributed by atoms with van der Waals surface area (Å²) in [5.41, 5.74) is 0.515. The Bertz CT molecular complexity index is 671. The molecule has 1 N–H and O–H groups in total. The number of nitrogens with zero attached hydrogens (tertiary/aromatic N) is 2. The molecule has 110 valence electrons. The fourth-order valence-corrected chi connectivity index (χ4v) is 2.56. The second-order valence-corrected chi connectivity index (χ2v) is 5.37. The largest absolute Gasteiger partial charge is 0.416 e. The number of alkyl halides is 3. The van der Waals surface area contributed by atoms with Crippen LogP contribution in [-0.2, 0) is 12.6 Å². The van der Waals surface area contributed by atoms with Gasteiger partial charge in [-0.2, -0.15) is 18.4 Å². The van der Waals surface area contributed by atoms with E-state index in [2.05, 4.69) is 10.3 Å². The van der Waals surface area contributed by atoms with Gasteiger partial charge in [0, 0.05) is 24.0 Å². The molecule has 0 aliphatic rings. The Kier molecular flexibility index (Phi) is 4.48. The van der Waals surface area contributed by atoms with E-state index in [4.69, 9.17) is 5.26 Å². The number of nitrogens with one attached hydrogen (secondary N) is 1. The molecule has 0 bridgehead atoms. The topological polar surface area (TPSA) is 48.7 Å². The van der Waals surface area contributed by atoms with Gasteiger partial charge in [0.1, 0.15) is 6.07 Å². The first-order valence-electron chi connectivity index (χ1n) is 6.16. The molecule has 0 aliphatic heterocycles. The molecule has 0 aliphatic carbocycles. The number of thiazole rings is 1. The van der Waals surface area contributed by atoms with Crippen molar-refractivity contribution in [2.45, 2.75) is 19.5 Å². The van der Waals surface area contributed by atoms with E-state index in [1.807, 2.05) is 12.3 Å². The zero-order valence-corrected chi connectivity index (χ0v) is 12.0. The van der Waals surface area contributed by atoms with E-state index in [0.717, 1.165) is 22.8 Å². The molecule has 3 nitrogen and oxygen atoms in total. The SMILES string of the molecule is Cc1csc(CCNc2ccc(C(F)(F)F)cc2C#N)n1. The number of aromatic nitrogens is 1. The Morgan fingerprint density at radius 2 is 2.14 bits per heavy atom. The highest BCUT2D eigenvalue weighted by molar-refractivity contribution is 7.09. The summed E-state index contributed by atoms with van der Waals surface area (Å²) in [5.74, 6) is 0. The summed E-state index contributed by atoms with van der Waals surface area (Å²) in [6.45, 7) is 2.41. The van der Waals surface area contributed by atoms with Crippen molar-refractivity contribution in [3.63, 3.8) is 0 Å². The van der Waals surface area contributed by atoms with Crippen molar-refractivity contribution < 1.29 is 13.2 Å². The highest BCUT2D eigenvalue weighted by Crippen LogP contribution is 2.31. The summed E-state index contributed by atoms with van der Waals surface area (Å²) in [5, 5.41) is 14.8. The monoisotopic (exact) mass is 311 g/mol. The first-order valence-corrected chi connectivity index (χ1v) is 7.04. The van der Waals surface area contributed by atoms with Gasteiger partial charge in [-0.05, 0) is 25.1 Å². The van der Waals surface area contributed by atoms with E-state index in [1.165, 1.54) is 17.4 Å². The molecule has 0 saturated heterocycles. The Labute approximate surface area is 124 Å². The standard InChI is InChI=1S/C14H12F3N3S/c1-9-8-21-13(20-9)4-5-19-12-3-2-11(14(15,16)17)6-10(12)7-18/h2-3,6,8,19H,4-5H2,1H3. The molecule has 7 heteroatoms. The molecule has 1 heterocycles. The Morgan fingerprint density at radius 3 is 2.71 bits per heavy atom. The molecule has 0 spiro atoms. The van der Waals surface area contributed by atoms with Crippen molar-refractivity contribution in [1.82, 2.24) is 4.98 Å². The molecule has 1 aromatic heterocycles. The number of halogens is 3. The van der Waals surface area contributed by atoms with Gasteiger partial charge in [0.05, 0.1) is 21.8 Å². The highest BCUT2D eigenvalue weighted by atomic mass is 32.1. The average Bonchev–Trinajstić information content (AvgIpc) is 2.83. The normalized spacial score (nSPS) is 11.2. The lowest BCUT2D eigenvalue weighted by molar-refractivity contribution is -0.137. The van der Waals surface area contributed by atoms with Crippen molar-refractivity contribution >= 4 is 17.0 Å². The minimum atomic E-state index is -4.44. The maximum atomic E-state index is 12.6. The van der Waals surface area contributed by atoms with Crippen LogP contribution in [0.25, 0.3) is 0 Å². The van der Waals surface area contributed by atoms with Gasteiger partial charge in [-0.3, -0.25) is 0 Å². The predicted octanol–water partition coefficient (Wildman–Crippen LogP) is 4.00. The number of anilines is 1. The van der Waals surface area contributed by atoms with Crippen LogP contribution in [0.15, 0.2) is 23.6 Å². The number of hydrogen-bond donors (Lipinski definition) is 1. The van der Waals surface area contributed by atoms with Crippen LogP contribution in [0.3, 0.4) is 0 Å². The minimum Gasteiger partial charge on any atom is -0.384 e. The number of rotatable bonds is 4. The first-order chi connectivity index (χ1) is 9.90. The number of aryl methyl sites for hydroxylation is 1. The summed E-state index contributed by atoms with van der Waals surface area (Å²) in [4.78, 5) is 4.30. The van der Waals surface area contributed by atoms with Crippen molar-refractivity contribution in [3.8, 4) is 6.07 Å². The molecular weight excluding hydrogens is 299 g/mol. The van der Waals surface area contributed by atoms with Crippen LogP contribution in [0, 0.1) is 18.3 Å². The predicted molar refractivity (Wildman–Crippen MR) is 75.2 cm³/mol. The maximum absolute atomic E-state index is 12.6. The van der Waals surface area contributed by atoms with E-state index >= 15 is 0 Å². The van der Waals surface area contributed by atoms with Crippen LogP contribution in [0.4, 0.5) is 18.9 Å². The fourth-order valence-electron chi connectivity index (χ4n) is 1.79. The van der Waals surface area contributed by atoms with Gasteiger partial charge >= 0.3 is 6.18 Å². The van der Waals surface area contributed by atoms with Gasteiger partial charge in [-0.25, -0.2) is 4.98 Å². The molecule has 1 aromatic carbocycles. The molecule has 0 unspecified atom stereocenters. The molecule has 0 saturated carbocycles. The summed E-state index contributed by atoms with van der Waals surface area (Å²) >= 11 is 1.54. The highest BCUT2D eigenvalue weighted by Gasteiger charge is 2.31. The molecule has 21 heavy (non-hydrogen) atoms. The lowest BCUT2D eigenvalue weighted by atomic mass is 10.1. The smallest absolute Gasteiger partial charge is 0.384 e. The average molecular weight is 311 g/mol. The zero-order chi connectivity index (χ0) is 15.5. The van der Waals surface area contributed by atoms with E-state index < -0.39 is 11.7 Å². The molecule has 2 rings (SSSR count). The van der Waals surface area contributed by atoms with Crippen molar-refractivity contribution in [2.24, 2.45) is 0 Å². The Morgan fingerprint density at radius 1 is 1.38 bits per heavy atom. The van der Waals surface area contributed by atoms with Crippen LogP contribution >= 0.6 is 11.3 Å². The van der Waals surface area contributed by atoms with E-state index in [9.17, 15) is 13.2 Å². The third-order valence-corrected chi connectivity index (χ3v) is 3.81. The molecule has 0 atom stereocenters. The lowest BCUT2D eigenvalue weighted by Crippen LogP contribution is -2.09. The third-order valence-electron chi connectivity index (χ3n) is 2.79. The second-order valence-electron chi connectivity index (χ2n) is 4.43. The van der Waals surface area contributed by atoms with Gasteiger partial charge in [0.2, 0.25) is 0 Å². The Hall–Kier alpha value is -2.07. The van der Waals surface area contributed by atoms with Crippen LogP contribution in [0.1, 0.15) is 21.8 Å². The van der Waals surface area contributed by atoms with Gasteiger partial charge in [-0.15, -0.1) is 11.3 Å². The van der Waals surface area contributed by atoms with Crippen molar-refractivity contribution in [3.05, 3.63) is 45.4 Å². The first kappa shape index (κ1) is 15.3. The fraction of sp³-hybridized carbons (Fsp3) is 0.286. The van der Waals surface area contributed by atoms with Crippen molar-refractivity contribution in [2.75, 3.05) is 11.9 Å². The van der Waals surface area contributed by atoms with Gasteiger partial charge in [0.15, 0.2) is 0 Å². The summed E-state index contributed by atoms with van der Waals surface area (Å²) < 4.78 is 37.7. The van der Waals surface area contributed by atoms with Crippen LogP contribution in [0.5, 0.6) is 0 Å². The molecular formula is C14H12F3N3S. The summed E-state index contributed by atoms with van der Waals surface area (Å²) in [6, 6.07) is 4.90. The van der Waals surface area contributed by atoms with Crippen LogP contribution < -0.4 is 5.32 Å². The maximum Gasteiger partial charge on any atom is 0.416 e. The number of hydrogen-bond acceptors (Lipinski definition) is 4. The van der Waals surface area contributed by atoms with Crippen LogP contribution in [-0.4, -0.2) is 11.5 Å². The van der Waals surface area contributed by atoms with E-state index in [1.54, 1.807) is 6.07 Å². The summed E-state index contributed by atoms with van der Waals surface area (Å²) in [7, 11) is 0. The zero-order valence-electron chi connectivity index (χ0n) is 11.2. The van der Waals surface area contributed by atoms with E-state index in [-0.39, 0.29) is 5.56 Å². The number of nitriles is 1. The Balaban J connectivity index is 2.05. The minimum absolute atomic E-state index is 0.0138. The van der Waals surface area contributed by atoms with Crippen molar-refractivity contribution in [1.29, 1.82) is 5.26 Å². The van der Waals surface area contributed by atoms with Gasteiger partial charge < -0.3 is 5.32 Å². The molecule has 2 aromatic rings. The molecule has 0 amide bonds. The van der Waals surface area contributed by atoms with Gasteiger partial charge in [0.25, 0.3) is 0 Å². The van der Waals surface area contributed by atoms with Crippen LogP contribution in [0.2, 0.25) is 0 Å². The summed E-state index contributed by atoms with van der Waals surface area (Å²) in [6.07, 6.45) is -3.78. The van der Waals surface area contributed by atoms with Gasteiger partial charge in [-0.1, -0.05) is 0 Å². The second kappa shape index (κ2) is 6.14. The molecule has 0 radical (unpaired) electrons. The third kappa shape index (κ3) is 3.95. The number of benzene rings is 1. The quantitative estimate of drug-likeness (QED) is 0.928. The molecule has 0 fully saturated rings. The van der Waals surface area contributed by atoms with E-state index in [0.29, 0.717) is 18.7 Å². The lowest BCUT2D eigenvalue weighted by Gasteiger charge is -2.11.